The summed E-state index contributed by atoms with van der Waals surface area (Å²) in [6.07, 6.45) is 4.75. The number of aliphatic carboxylic acids is 1. The first kappa shape index (κ1) is 22.7. The van der Waals surface area contributed by atoms with E-state index in [4.69, 9.17) is 4.74 Å². The monoisotopic (exact) mass is 404 g/mol. The van der Waals surface area contributed by atoms with Gasteiger partial charge in [0.05, 0.1) is 6.61 Å². The van der Waals surface area contributed by atoms with Crippen molar-refractivity contribution in [3.05, 3.63) is 35.9 Å². The van der Waals surface area contributed by atoms with Gasteiger partial charge in [-0.2, -0.15) is 0 Å². The molecule has 1 aliphatic carbocycles. The molecule has 1 aromatic rings. The highest BCUT2D eigenvalue weighted by molar-refractivity contribution is 5.85. The molecule has 160 valence electrons. The summed E-state index contributed by atoms with van der Waals surface area (Å²) < 4.78 is 5.08. The molecule has 0 heterocycles. The van der Waals surface area contributed by atoms with Crippen LogP contribution in [-0.4, -0.2) is 42.3 Å². The zero-order valence-electron chi connectivity index (χ0n) is 17.1. The van der Waals surface area contributed by atoms with Crippen LogP contribution in [0.15, 0.2) is 30.3 Å². The van der Waals surface area contributed by atoms with Crippen molar-refractivity contribution in [2.24, 2.45) is 11.8 Å². The highest BCUT2D eigenvalue weighted by atomic mass is 16.5. The highest BCUT2D eigenvalue weighted by Crippen LogP contribution is 2.28. The second-order valence-corrected chi connectivity index (χ2v) is 7.68. The van der Waals surface area contributed by atoms with Gasteiger partial charge in [0.2, 0.25) is 5.91 Å². The lowest BCUT2D eigenvalue weighted by Gasteiger charge is -2.28. The molecule has 0 aromatic heterocycles. The van der Waals surface area contributed by atoms with Crippen LogP contribution < -0.4 is 10.6 Å². The third-order valence-corrected chi connectivity index (χ3v) is 5.38. The van der Waals surface area contributed by atoms with Crippen molar-refractivity contribution >= 4 is 18.0 Å². The summed E-state index contributed by atoms with van der Waals surface area (Å²) in [5.41, 5.74) is 0.876. The molecule has 29 heavy (non-hydrogen) atoms. The zero-order valence-corrected chi connectivity index (χ0v) is 17.1. The number of carboxylic acids is 1. The molecule has 1 saturated carbocycles. The molecule has 1 fully saturated rings. The number of unbranched alkanes of at least 4 members (excludes halogenated alkanes) is 1. The van der Waals surface area contributed by atoms with Crippen LogP contribution in [0.1, 0.15) is 51.0 Å². The molecule has 1 aliphatic rings. The number of ether oxygens (including phenoxy) is 1. The van der Waals surface area contributed by atoms with Crippen LogP contribution in [0.2, 0.25) is 0 Å². The van der Waals surface area contributed by atoms with Gasteiger partial charge in [0, 0.05) is 18.9 Å². The number of carbonyl (C=O) groups is 3. The molecule has 0 aliphatic heterocycles. The van der Waals surface area contributed by atoms with Gasteiger partial charge in [-0.1, -0.05) is 43.7 Å². The molecule has 0 bridgehead atoms. The third kappa shape index (κ3) is 8.13. The number of hydrogen-bond donors (Lipinski definition) is 3. The second kappa shape index (κ2) is 12.1. The third-order valence-electron chi connectivity index (χ3n) is 5.38. The van der Waals surface area contributed by atoms with Crippen LogP contribution in [-0.2, 0) is 20.7 Å². The average Bonchev–Trinajstić information content (AvgIpc) is 2.73. The molecule has 7 heteroatoms. The summed E-state index contributed by atoms with van der Waals surface area (Å²) >= 11 is 0. The van der Waals surface area contributed by atoms with Crippen LogP contribution in [0, 0.1) is 11.8 Å². The Morgan fingerprint density at radius 2 is 1.83 bits per heavy atom. The molecule has 2 amide bonds. The molecule has 1 atom stereocenters. The summed E-state index contributed by atoms with van der Waals surface area (Å²) in [7, 11) is 0. The minimum Gasteiger partial charge on any atom is -0.480 e. The van der Waals surface area contributed by atoms with Gasteiger partial charge in [-0.05, 0) is 43.6 Å². The number of amides is 2. The average molecular weight is 405 g/mol. The zero-order chi connectivity index (χ0) is 21.1. The van der Waals surface area contributed by atoms with E-state index in [1.54, 1.807) is 0 Å². The fraction of sp³-hybridized carbons (Fsp3) is 0.591. The molecule has 2 rings (SSSR count). The maximum atomic E-state index is 12.6. The quantitative estimate of drug-likeness (QED) is 0.520. The molecule has 0 unspecified atom stereocenters. The Labute approximate surface area is 172 Å². The second-order valence-electron chi connectivity index (χ2n) is 7.68. The Bertz CT molecular complexity index is 656. The number of alkyl carbamates (subject to hydrolysis) is 1. The molecular formula is C22H32N2O5. The topological polar surface area (TPSA) is 105 Å². The van der Waals surface area contributed by atoms with Gasteiger partial charge in [-0.25, -0.2) is 9.59 Å². The lowest BCUT2D eigenvalue weighted by atomic mass is 9.81. The first-order valence-corrected chi connectivity index (χ1v) is 10.5. The van der Waals surface area contributed by atoms with E-state index in [0.717, 1.165) is 31.2 Å². The van der Waals surface area contributed by atoms with Crippen molar-refractivity contribution in [2.75, 3.05) is 13.2 Å². The molecular weight excluding hydrogens is 372 g/mol. The van der Waals surface area contributed by atoms with E-state index >= 15 is 0 Å². The largest absolute Gasteiger partial charge is 0.480 e. The van der Waals surface area contributed by atoms with Crippen LogP contribution in [0.3, 0.4) is 0 Å². The van der Waals surface area contributed by atoms with Crippen molar-refractivity contribution in [1.82, 2.24) is 10.6 Å². The van der Waals surface area contributed by atoms with Gasteiger partial charge in [0.25, 0.3) is 0 Å². The summed E-state index contributed by atoms with van der Waals surface area (Å²) in [6.45, 7) is 3.02. The van der Waals surface area contributed by atoms with Crippen molar-refractivity contribution in [2.45, 2.75) is 57.9 Å². The standard InChI is InChI=1S/C22H32N2O5/c1-2-3-13-29-22(28)23-15-17-9-11-18(12-10-17)20(25)24-19(21(26)27)14-16-7-5-4-6-8-16/h4-8,17-19H,2-3,9-15H2,1H3,(H,23,28)(H,24,25)(H,26,27)/t17?,18?,19-/m0/s1. The summed E-state index contributed by atoms with van der Waals surface area (Å²) in [4.78, 5) is 35.7. The van der Waals surface area contributed by atoms with Gasteiger partial charge >= 0.3 is 12.1 Å². The lowest BCUT2D eigenvalue weighted by Crippen LogP contribution is -2.45. The van der Waals surface area contributed by atoms with E-state index < -0.39 is 12.0 Å². The van der Waals surface area contributed by atoms with Gasteiger partial charge < -0.3 is 20.5 Å². The van der Waals surface area contributed by atoms with Crippen LogP contribution in [0.4, 0.5) is 4.79 Å². The number of carboxylic acid groups (broad SMARTS) is 1. The van der Waals surface area contributed by atoms with Gasteiger partial charge in [-0.15, -0.1) is 0 Å². The van der Waals surface area contributed by atoms with E-state index in [2.05, 4.69) is 10.6 Å². The predicted molar refractivity (Wildman–Crippen MR) is 109 cm³/mol. The van der Waals surface area contributed by atoms with E-state index in [9.17, 15) is 19.5 Å². The summed E-state index contributed by atoms with van der Waals surface area (Å²) in [5.74, 6) is -1.09. The van der Waals surface area contributed by atoms with Gasteiger partial charge in [-0.3, -0.25) is 4.79 Å². The van der Waals surface area contributed by atoms with Crippen molar-refractivity contribution < 1.29 is 24.2 Å². The molecule has 1 aromatic carbocycles. The van der Waals surface area contributed by atoms with Crippen molar-refractivity contribution in [1.29, 1.82) is 0 Å². The minimum absolute atomic E-state index is 0.180. The summed E-state index contributed by atoms with van der Waals surface area (Å²) in [6, 6.07) is 8.36. The fourth-order valence-corrected chi connectivity index (χ4v) is 3.56. The normalized spacial score (nSPS) is 19.8. The maximum absolute atomic E-state index is 12.6. The Morgan fingerprint density at radius 1 is 1.14 bits per heavy atom. The molecule has 3 N–H and O–H groups in total. The van der Waals surface area contributed by atoms with Crippen molar-refractivity contribution in [3.63, 3.8) is 0 Å². The first-order chi connectivity index (χ1) is 14.0. The number of benzene rings is 1. The van der Waals surface area contributed by atoms with E-state index in [1.807, 2.05) is 37.3 Å². The lowest BCUT2D eigenvalue weighted by molar-refractivity contribution is -0.142. The predicted octanol–water partition coefficient (Wildman–Crippen LogP) is 3.13. The number of nitrogens with one attached hydrogen (secondary N) is 2. The Balaban J connectivity index is 1.72. The molecule has 0 saturated heterocycles. The van der Waals surface area contributed by atoms with Gasteiger partial charge in [0.15, 0.2) is 0 Å². The number of hydrogen-bond acceptors (Lipinski definition) is 4. The SMILES string of the molecule is CCCCOC(=O)NCC1CCC(C(=O)N[C@@H](Cc2ccccc2)C(=O)O)CC1. The van der Waals surface area contributed by atoms with Crippen LogP contribution in [0.5, 0.6) is 0 Å². The smallest absolute Gasteiger partial charge is 0.407 e. The maximum Gasteiger partial charge on any atom is 0.407 e. The van der Waals surface area contributed by atoms with E-state index in [1.165, 1.54) is 0 Å². The molecule has 7 nitrogen and oxygen atoms in total. The van der Waals surface area contributed by atoms with Crippen LogP contribution in [0.25, 0.3) is 0 Å². The van der Waals surface area contributed by atoms with Crippen molar-refractivity contribution in [3.8, 4) is 0 Å². The van der Waals surface area contributed by atoms with E-state index in [0.29, 0.717) is 31.9 Å². The molecule has 0 spiro atoms. The number of carbonyl (C=O) groups excluding carboxylic acids is 2. The fourth-order valence-electron chi connectivity index (χ4n) is 3.56. The Morgan fingerprint density at radius 3 is 2.45 bits per heavy atom. The van der Waals surface area contributed by atoms with Gasteiger partial charge in [0.1, 0.15) is 6.04 Å². The summed E-state index contributed by atoms with van der Waals surface area (Å²) in [5, 5.41) is 14.9. The highest BCUT2D eigenvalue weighted by Gasteiger charge is 2.29. The number of rotatable bonds is 10. The first-order valence-electron chi connectivity index (χ1n) is 10.5. The Kier molecular flexibility index (Phi) is 9.47. The van der Waals surface area contributed by atoms with E-state index in [-0.39, 0.29) is 24.3 Å². The molecule has 0 radical (unpaired) electrons. The Hall–Kier alpha value is -2.57. The minimum atomic E-state index is -1.03. The van der Waals surface area contributed by atoms with Crippen LogP contribution >= 0.6 is 0 Å².